The van der Waals surface area contributed by atoms with Gasteiger partial charge in [0, 0.05) is 41.5 Å². The normalized spacial score (nSPS) is 16.2. The first kappa shape index (κ1) is 32.2. The summed E-state index contributed by atoms with van der Waals surface area (Å²) >= 11 is 1.50. The number of thiazole rings is 1. The fourth-order valence-electron chi connectivity index (χ4n) is 4.68. The zero-order chi connectivity index (χ0) is 31.8. The average Bonchev–Trinajstić information content (AvgIpc) is 3.43. The molecule has 3 amide bonds. The Bertz CT molecular complexity index is 1480. The first-order chi connectivity index (χ1) is 21.0. The van der Waals surface area contributed by atoms with Gasteiger partial charge < -0.3 is 19.5 Å². The number of nitrogens with zero attached hydrogens (tertiary/aromatic N) is 2. The molecule has 1 aliphatic rings. The minimum Gasteiger partial charge on any atom is -0.447 e. The number of nitro groups is 1. The molecule has 3 aromatic rings. The molecule has 1 saturated carbocycles. The van der Waals surface area contributed by atoms with E-state index in [1.165, 1.54) is 35.6 Å². The Balaban J connectivity index is 1.49. The number of carbonyl (C=O) groups is 3. The predicted octanol–water partition coefficient (Wildman–Crippen LogP) is 7.45. The zero-order valence-corrected chi connectivity index (χ0v) is 25.6. The lowest BCUT2D eigenvalue weighted by atomic mass is 9.86. The second-order valence-corrected chi connectivity index (χ2v) is 11.9. The summed E-state index contributed by atoms with van der Waals surface area (Å²) in [7, 11) is 0. The van der Waals surface area contributed by atoms with Crippen LogP contribution >= 0.6 is 11.3 Å². The van der Waals surface area contributed by atoms with Gasteiger partial charge in [-0.15, -0.1) is 11.3 Å². The highest BCUT2D eigenvalue weighted by Crippen LogP contribution is 2.40. The van der Waals surface area contributed by atoms with Crippen molar-refractivity contribution >= 4 is 46.7 Å². The van der Waals surface area contributed by atoms with E-state index >= 15 is 0 Å². The molecule has 0 spiro atoms. The number of non-ortho nitro benzene ring substituents is 1. The van der Waals surface area contributed by atoms with E-state index in [9.17, 15) is 24.5 Å². The van der Waals surface area contributed by atoms with E-state index in [4.69, 9.17) is 14.2 Å². The maximum atomic E-state index is 12.9. The summed E-state index contributed by atoms with van der Waals surface area (Å²) < 4.78 is 15.7. The molecule has 0 bridgehead atoms. The molecule has 14 heteroatoms. The Kier molecular flexibility index (Phi) is 10.7. The van der Waals surface area contributed by atoms with E-state index in [1.807, 2.05) is 13.8 Å². The van der Waals surface area contributed by atoms with Crippen LogP contribution in [0.1, 0.15) is 64.3 Å². The van der Waals surface area contributed by atoms with Gasteiger partial charge in [-0.2, -0.15) is 0 Å². The van der Waals surface area contributed by atoms with Crippen molar-refractivity contribution in [1.82, 2.24) is 10.3 Å². The van der Waals surface area contributed by atoms with Crippen LogP contribution in [0.25, 0.3) is 10.4 Å². The number of aromatic nitrogens is 1. The van der Waals surface area contributed by atoms with Gasteiger partial charge in [-0.3, -0.25) is 20.7 Å². The number of benzene rings is 2. The summed E-state index contributed by atoms with van der Waals surface area (Å²) in [5, 5.41) is 20.2. The van der Waals surface area contributed by atoms with E-state index in [0.717, 1.165) is 35.6 Å². The topological polar surface area (TPSA) is 171 Å². The Morgan fingerprint density at radius 1 is 0.909 bits per heavy atom. The fourth-order valence-corrected chi connectivity index (χ4v) is 5.81. The van der Waals surface area contributed by atoms with Crippen molar-refractivity contribution in [3.63, 3.8) is 0 Å². The summed E-state index contributed by atoms with van der Waals surface area (Å²) in [4.78, 5) is 52.9. The smallest absolute Gasteiger partial charge is 0.417 e. The molecule has 1 aliphatic carbocycles. The Labute approximate surface area is 258 Å². The maximum Gasteiger partial charge on any atom is 0.417 e. The third-order valence-corrected chi connectivity index (χ3v) is 7.83. The van der Waals surface area contributed by atoms with Crippen molar-refractivity contribution in [3.8, 4) is 16.2 Å². The lowest BCUT2D eigenvalue weighted by molar-refractivity contribution is -0.384. The summed E-state index contributed by atoms with van der Waals surface area (Å²) in [5.41, 5.74) is 1.26. The molecule has 4 rings (SSSR count). The third-order valence-electron chi connectivity index (χ3n) is 6.63. The number of carbonyl (C=O) groups excluding carboxylic acids is 3. The Morgan fingerprint density at radius 3 is 2.20 bits per heavy atom. The van der Waals surface area contributed by atoms with E-state index in [-0.39, 0.29) is 35.6 Å². The SMILES string of the molecule is CC(C)OC(=O)Nc1ccc(-c2cnc(C3CCC(NC(=O)OC(C)C)CC3)s2)c(NC(=O)Oc2ccc([N+](=O)[O-])cc2)c1. The quantitative estimate of drug-likeness (QED) is 0.161. The van der Waals surface area contributed by atoms with Gasteiger partial charge in [-0.05, 0) is 83.7 Å². The number of amides is 3. The second kappa shape index (κ2) is 14.6. The van der Waals surface area contributed by atoms with Crippen LogP contribution in [0, 0.1) is 10.1 Å². The van der Waals surface area contributed by atoms with Crippen LogP contribution < -0.4 is 20.7 Å². The minimum atomic E-state index is -0.825. The molecule has 1 heterocycles. The van der Waals surface area contributed by atoms with E-state index < -0.39 is 23.2 Å². The number of alkyl carbamates (subject to hydrolysis) is 1. The standard InChI is InChI=1S/C30H35N5O8S/c1-17(2)41-28(36)32-20-7-5-19(6-8-20)27-31-16-26(44-27)24-14-9-21(33-29(37)42-18(3)4)15-25(24)34-30(38)43-23-12-10-22(11-13-23)35(39)40/h9-20H,5-8H2,1-4H3,(H,32,36)(H,33,37)(H,34,38). The second-order valence-electron chi connectivity index (χ2n) is 10.8. The summed E-state index contributed by atoms with van der Waals surface area (Å²) in [5.74, 6) is 0.343. The Hall–Kier alpha value is -4.72. The molecule has 3 N–H and O–H groups in total. The van der Waals surface area contributed by atoms with Crippen LogP contribution in [-0.2, 0) is 9.47 Å². The van der Waals surface area contributed by atoms with Gasteiger partial charge in [0.25, 0.3) is 5.69 Å². The van der Waals surface area contributed by atoms with Crippen LogP contribution in [0.2, 0.25) is 0 Å². The lowest BCUT2D eigenvalue weighted by Gasteiger charge is -2.28. The van der Waals surface area contributed by atoms with Gasteiger partial charge in [-0.25, -0.2) is 19.4 Å². The van der Waals surface area contributed by atoms with Crippen LogP contribution in [0.5, 0.6) is 5.75 Å². The molecule has 1 fully saturated rings. The largest absolute Gasteiger partial charge is 0.447 e. The van der Waals surface area contributed by atoms with E-state index in [1.54, 1.807) is 38.2 Å². The maximum absolute atomic E-state index is 12.9. The highest BCUT2D eigenvalue weighted by molar-refractivity contribution is 7.15. The zero-order valence-electron chi connectivity index (χ0n) is 24.8. The first-order valence-electron chi connectivity index (χ1n) is 14.2. The van der Waals surface area contributed by atoms with Crippen LogP contribution in [0.15, 0.2) is 48.7 Å². The lowest BCUT2D eigenvalue weighted by Crippen LogP contribution is -2.38. The van der Waals surface area contributed by atoms with Crippen LogP contribution in [0.4, 0.5) is 31.4 Å². The Morgan fingerprint density at radius 2 is 1.57 bits per heavy atom. The molecule has 1 aromatic heterocycles. The number of nitrogens with one attached hydrogen (secondary N) is 3. The summed E-state index contributed by atoms with van der Waals surface area (Å²) in [6.45, 7) is 7.08. The van der Waals surface area contributed by atoms with Crippen molar-refractivity contribution in [1.29, 1.82) is 0 Å². The molecule has 0 aliphatic heterocycles. The highest BCUT2D eigenvalue weighted by Gasteiger charge is 2.26. The molecule has 13 nitrogen and oxygen atoms in total. The van der Waals surface area contributed by atoms with Gasteiger partial charge in [0.1, 0.15) is 5.75 Å². The van der Waals surface area contributed by atoms with Gasteiger partial charge in [0.15, 0.2) is 0 Å². The average molecular weight is 626 g/mol. The van der Waals surface area contributed by atoms with Crippen LogP contribution in [0.3, 0.4) is 0 Å². The molecular weight excluding hydrogens is 590 g/mol. The molecular formula is C30H35N5O8S. The number of ether oxygens (including phenoxy) is 3. The van der Waals surface area contributed by atoms with Gasteiger partial charge in [0.05, 0.1) is 32.7 Å². The van der Waals surface area contributed by atoms with Crippen molar-refractivity contribution in [2.45, 2.75) is 77.5 Å². The minimum absolute atomic E-state index is 0.0527. The molecule has 44 heavy (non-hydrogen) atoms. The molecule has 0 atom stereocenters. The third kappa shape index (κ3) is 9.14. The first-order valence-corrected chi connectivity index (χ1v) is 15.1. The van der Waals surface area contributed by atoms with Crippen molar-refractivity contribution in [2.75, 3.05) is 10.6 Å². The molecule has 0 saturated heterocycles. The summed E-state index contributed by atoms with van der Waals surface area (Å²) in [6, 6.07) is 10.2. The van der Waals surface area contributed by atoms with Gasteiger partial charge >= 0.3 is 18.3 Å². The van der Waals surface area contributed by atoms with Gasteiger partial charge in [-0.1, -0.05) is 0 Å². The number of hydrogen-bond donors (Lipinski definition) is 3. The van der Waals surface area contributed by atoms with E-state index in [2.05, 4.69) is 20.9 Å². The predicted molar refractivity (Wildman–Crippen MR) is 165 cm³/mol. The fraction of sp³-hybridized carbons (Fsp3) is 0.400. The van der Waals surface area contributed by atoms with Crippen LogP contribution in [-0.4, -0.2) is 46.4 Å². The monoisotopic (exact) mass is 625 g/mol. The van der Waals surface area contributed by atoms with Crippen molar-refractivity contribution < 1.29 is 33.5 Å². The molecule has 0 radical (unpaired) electrons. The number of anilines is 2. The number of hydrogen-bond acceptors (Lipinski definition) is 10. The molecule has 0 unspecified atom stereocenters. The molecule has 2 aromatic carbocycles. The number of rotatable bonds is 9. The van der Waals surface area contributed by atoms with Crippen molar-refractivity contribution in [3.05, 3.63) is 63.8 Å². The molecule has 234 valence electrons. The van der Waals surface area contributed by atoms with Gasteiger partial charge in [0.2, 0.25) is 0 Å². The van der Waals surface area contributed by atoms with E-state index in [0.29, 0.717) is 16.9 Å². The highest BCUT2D eigenvalue weighted by atomic mass is 32.1. The number of nitro benzene ring substituents is 1. The van der Waals surface area contributed by atoms with Crippen molar-refractivity contribution in [2.24, 2.45) is 0 Å². The summed E-state index contributed by atoms with van der Waals surface area (Å²) in [6.07, 6.45) is 2.70.